The first-order chi connectivity index (χ1) is 9.20. The molecule has 3 nitrogen and oxygen atoms in total. The highest BCUT2D eigenvalue weighted by molar-refractivity contribution is 6.30. The van der Waals surface area contributed by atoms with Crippen LogP contribution in [0.5, 0.6) is 0 Å². The standard InChI is InChI=1S/C15H10ClNO2/c16-11-2-1-3-12(9-11)17-13-5-6-14-10(8-13)4-7-15(18)19-14/h1-9,17H. The maximum absolute atomic E-state index is 11.1. The lowest BCUT2D eigenvalue weighted by molar-refractivity contribution is 0.561. The normalized spacial score (nSPS) is 10.6. The molecule has 0 radical (unpaired) electrons. The lowest BCUT2D eigenvalue weighted by Crippen LogP contribution is -1.95. The van der Waals surface area contributed by atoms with E-state index >= 15 is 0 Å². The number of halogens is 1. The van der Waals surface area contributed by atoms with Crippen molar-refractivity contribution in [2.75, 3.05) is 5.32 Å². The molecule has 3 aromatic rings. The predicted molar refractivity (Wildman–Crippen MR) is 77.2 cm³/mol. The van der Waals surface area contributed by atoms with Crippen LogP contribution in [-0.2, 0) is 0 Å². The largest absolute Gasteiger partial charge is 0.423 e. The minimum atomic E-state index is -0.344. The number of hydrogen-bond acceptors (Lipinski definition) is 3. The summed E-state index contributed by atoms with van der Waals surface area (Å²) >= 11 is 5.93. The second-order valence-electron chi connectivity index (χ2n) is 4.14. The van der Waals surface area contributed by atoms with E-state index in [9.17, 15) is 4.79 Å². The van der Waals surface area contributed by atoms with Gasteiger partial charge < -0.3 is 9.73 Å². The smallest absolute Gasteiger partial charge is 0.336 e. The summed E-state index contributed by atoms with van der Waals surface area (Å²) in [4.78, 5) is 11.1. The molecule has 2 aromatic carbocycles. The number of fused-ring (bicyclic) bond motifs is 1. The van der Waals surface area contributed by atoms with Gasteiger partial charge in [-0.25, -0.2) is 4.79 Å². The van der Waals surface area contributed by atoms with Crippen molar-refractivity contribution in [2.24, 2.45) is 0 Å². The van der Waals surface area contributed by atoms with Gasteiger partial charge in [0.15, 0.2) is 0 Å². The summed E-state index contributed by atoms with van der Waals surface area (Å²) in [5, 5.41) is 4.79. The van der Waals surface area contributed by atoms with Crippen molar-refractivity contribution in [3.63, 3.8) is 0 Å². The van der Waals surface area contributed by atoms with Gasteiger partial charge in [-0.05, 0) is 42.5 Å². The van der Waals surface area contributed by atoms with Crippen LogP contribution in [0.25, 0.3) is 11.0 Å². The first-order valence-electron chi connectivity index (χ1n) is 5.77. The average Bonchev–Trinajstić information content (AvgIpc) is 2.39. The van der Waals surface area contributed by atoms with Gasteiger partial charge in [0.1, 0.15) is 5.58 Å². The van der Waals surface area contributed by atoms with Crippen molar-refractivity contribution in [1.82, 2.24) is 0 Å². The zero-order chi connectivity index (χ0) is 13.2. The van der Waals surface area contributed by atoms with Gasteiger partial charge in [-0.2, -0.15) is 0 Å². The zero-order valence-electron chi connectivity index (χ0n) is 9.89. The molecule has 0 aliphatic carbocycles. The molecule has 0 saturated heterocycles. The highest BCUT2D eigenvalue weighted by Gasteiger charge is 2.00. The fourth-order valence-electron chi connectivity index (χ4n) is 1.88. The molecule has 0 aliphatic heterocycles. The second kappa shape index (κ2) is 4.78. The van der Waals surface area contributed by atoms with Gasteiger partial charge in [-0.3, -0.25) is 0 Å². The van der Waals surface area contributed by atoms with Crippen molar-refractivity contribution in [3.05, 3.63) is 70.0 Å². The molecule has 1 N–H and O–H groups in total. The van der Waals surface area contributed by atoms with Crippen LogP contribution in [0, 0.1) is 0 Å². The minimum absolute atomic E-state index is 0.344. The van der Waals surface area contributed by atoms with Crippen LogP contribution in [0.4, 0.5) is 11.4 Å². The van der Waals surface area contributed by atoms with Crippen LogP contribution in [0.2, 0.25) is 5.02 Å². The molecule has 0 unspecified atom stereocenters. The second-order valence-corrected chi connectivity index (χ2v) is 4.58. The summed E-state index contributed by atoms with van der Waals surface area (Å²) in [6.45, 7) is 0. The quantitative estimate of drug-likeness (QED) is 0.711. The maximum atomic E-state index is 11.1. The van der Waals surface area contributed by atoms with Crippen LogP contribution in [-0.4, -0.2) is 0 Å². The van der Waals surface area contributed by atoms with Crippen LogP contribution < -0.4 is 10.9 Å². The van der Waals surface area contributed by atoms with Crippen molar-refractivity contribution in [1.29, 1.82) is 0 Å². The summed E-state index contributed by atoms with van der Waals surface area (Å²) < 4.78 is 5.08. The molecule has 0 bridgehead atoms. The Labute approximate surface area is 114 Å². The molecule has 0 atom stereocenters. The number of rotatable bonds is 2. The monoisotopic (exact) mass is 271 g/mol. The third kappa shape index (κ3) is 2.61. The summed E-state index contributed by atoms with van der Waals surface area (Å²) in [6.07, 6.45) is 0. The molecule has 19 heavy (non-hydrogen) atoms. The van der Waals surface area contributed by atoms with Gasteiger partial charge in [0.25, 0.3) is 0 Å². The van der Waals surface area contributed by atoms with E-state index in [0.29, 0.717) is 10.6 Å². The molecule has 0 saturated carbocycles. The van der Waals surface area contributed by atoms with Gasteiger partial charge >= 0.3 is 5.63 Å². The summed E-state index contributed by atoms with van der Waals surface area (Å²) in [5.74, 6) is 0. The molecule has 3 rings (SSSR count). The fourth-order valence-corrected chi connectivity index (χ4v) is 2.07. The highest BCUT2D eigenvalue weighted by atomic mass is 35.5. The Morgan fingerprint density at radius 3 is 2.63 bits per heavy atom. The molecule has 4 heteroatoms. The van der Waals surface area contributed by atoms with E-state index in [-0.39, 0.29) is 5.63 Å². The van der Waals surface area contributed by atoms with E-state index < -0.39 is 0 Å². The topological polar surface area (TPSA) is 42.2 Å². The predicted octanol–water partition coefficient (Wildman–Crippen LogP) is 4.19. The SMILES string of the molecule is O=c1ccc2cc(Nc3cccc(Cl)c3)ccc2o1. The van der Waals surface area contributed by atoms with Crippen LogP contribution >= 0.6 is 11.6 Å². The maximum Gasteiger partial charge on any atom is 0.336 e. The van der Waals surface area contributed by atoms with E-state index in [1.807, 2.05) is 36.4 Å². The average molecular weight is 272 g/mol. The molecule has 0 aliphatic rings. The molecule has 0 spiro atoms. The molecule has 0 amide bonds. The van der Waals surface area contributed by atoms with E-state index in [1.165, 1.54) is 6.07 Å². The molecular weight excluding hydrogens is 262 g/mol. The minimum Gasteiger partial charge on any atom is -0.423 e. The number of benzene rings is 2. The summed E-state index contributed by atoms with van der Waals surface area (Å²) in [7, 11) is 0. The molecule has 94 valence electrons. The Balaban J connectivity index is 1.97. The van der Waals surface area contributed by atoms with Crippen molar-refractivity contribution < 1.29 is 4.42 Å². The molecular formula is C15H10ClNO2. The van der Waals surface area contributed by atoms with Gasteiger partial charge in [0, 0.05) is 27.8 Å². The van der Waals surface area contributed by atoms with Gasteiger partial charge in [0.05, 0.1) is 0 Å². The first-order valence-corrected chi connectivity index (χ1v) is 6.15. The molecule has 0 fully saturated rings. The van der Waals surface area contributed by atoms with E-state index in [0.717, 1.165) is 16.8 Å². The molecule has 1 heterocycles. The first kappa shape index (κ1) is 11.8. The van der Waals surface area contributed by atoms with Crippen LogP contribution in [0.15, 0.2) is 63.8 Å². The van der Waals surface area contributed by atoms with Gasteiger partial charge in [-0.1, -0.05) is 17.7 Å². The summed E-state index contributed by atoms with van der Waals surface area (Å²) in [5.41, 5.74) is 2.04. The van der Waals surface area contributed by atoms with Crippen molar-refractivity contribution in [2.45, 2.75) is 0 Å². The van der Waals surface area contributed by atoms with E-state index in [4.69, 9.17) is 16.0 Å². The van der Waals surface area contributed by atoms with Gasteiger partial charge in [0.2, 0.25) is 0 Å². The van der Waals surface area contributed by atoms with Crippen LogP contribution in [0.1, 0.15) is 0 Å². The van der Waals surface area contributed by atoms with Crippen molar-refractivity contribution in [3.8, 4) is 0 Å². The van der Waals surface area contributed by atoms with E-state index in [2.05, 4.69) is 5.32 Å². The third-order valence-electron chi connectivity index (χ3n) is 2.73. The van der Waals surface area contributed by atoms with Gasteiger partial charge in [-0.15, -0.1) is 0 Å². The number of anilines is 2. The third-order valence-corrected chi connectivity index (χ3v) is 2.97. The zero-order valence-corrected chi connectivity index (χ0v) is 10.6. The molecule has 1 aromatic heterocycles. The van der Waals surface area contributed by atoms with Crippen molar-refractivity contribution >= 4 is 33.9 Å². The Morgan fingerprint density at radius 2 is 1.79 bits per heavy atom. The Morgan fingerprint density at radius 1 is 0.947 bits per heavy atom. The number of hydrogen-bond donors (Lipinski definition) is 1. The lowest BCUT2D eigenvalue weighted by atomic mass is 10.2. The fraction of sp³-hybridized carbons (Fsp3) is 0. The Kier molecular flexibility index (Phi) is 2.97. The van der Waals surface area contributed by atoms with Crippen LogP contribution in [0.3, 0.4) is 0 Å². The lowest BCUT2D eigenvalue weighted by Gasteiger charge is -2.07. The highest BCUT2D eigenvalue weighted by Crippen LogP contribution is 2.23. The van der Waals surface area contributed by atoms with E-state index in [1.54, 1.807) is 12.1 Å². The Hall–Kier alpha value is -2.26. The summed E-state index contributed by atoms with van der Waals surface area (Å²) in [6, 6.07) is 16.2. The Bertz CT molecular complexity index is 795. The number of nitrogens with one attached hydrogen (secondary N) is 1.